The van der Waals surface area contributed by atoms with Crippen LogP contribution < -0.4 is 0 Å². The summed E-state index contributed by atoms with van der Waals surface area (Å²) >= 11 is 3.50. The third-order valence-corrected chi connectivity index (χ3v) is 4.04. The maximum atomic E-state index is 5.85. The SMILES string of the molecule is CCc1cc(C2CN(C)CCO2)nc2c(Br)cnn12. The molecule has 0 N–H and O–H groups in total. The van der Waals surface area contributed by atoms with Crippen LogP contribution in [-0.2, 0) is 11.2 Å². The van der Waals surface area contributed by atoms with Crippen LogP contribution in [0.5, 0.6) is 0 Å². The molecule has 0 aliphatic carbocycles. The topological polar surface area (TPSA) is 42.7 Å². The summed E-state index contributed by atoms with van der Waals surface area (Å²) in [5.74, 6) is 0. The van der Waals surface area contributed by atoms with E-state index in [0.29, 0.717) is 0 Å². The Bertz CT molecular complexity index is 598. The Morgan fingerprint density at radius 2 is 2.37 bits per heavy atom. The summed E-state index contributed by atoms with van der Waals surface area (Å²) in [5, 5.41) is 4.35. The molecule has 1 aliphatic heterocycles. The van der Waals surface area contributed by atoms with Gasteiger partial charge in [0.1, 0.15) is 6.10 Å². The van der Waals surface area contributed by atoms with Gasteiger partial charge in [-0.05, 0) is 35.5 Å². The lowest BCUT2D eigenvalue weighted by Gasteiger charge is -2.29. The Morgan fingerprint density at radius 1 is 1.53 bits per heavy atom. The van der Waals surface area contributed by atoms with Gasteiger partial charge in [-0.1, -0.05) is 6.92 Å². The Hall–Kier alpha value is -0.980. The molecule has 5 nitrogen and oxygen atoms in total. The molecule has 0 amide bonds. The molecule has 1 fully saturated rings. The maximum absolute atomic E-state index is 5.85. The summed E-state index contributed by atoms with van der Waals surface area (Å²) in [4.78, 5) is 6.98. The van der Waals surface area contributed by atoms with E-state index in [1.165, 1.54) is 0 Å². The van der Waals surface area contributed by atoms with Crippen molar-refractivity contribution >= 4 is 21.6 Å². The van der Waals surface area contributed by atoms with Gasteiger partial charge >= 0.3 is 0 Å². The molecule has 1 unspecified atom stereocenters. The van der Waals surface area contributed by atoms with Crippen molar-refractivity contribution in [2.75, 3.05) is 26.7 Å². The Kier molecular flexibility index (Phi) is 3.56. The predicted octanol–water partition coefficient (Wildman–Crippen LogP) is 2.06. The minimum Gasteiger partial charge on any atom is -0.369 e. The largest absolute Gasteiger partial charge is 0.369 e. The van der Waals surface area contributed by atoms with Crippen molar-refractivity contribution < 1.29 is 4.74 Å². The fraction of sp³-hybridized carbons (Fsp3) is 0.538. The van der Waals surface area contributed by atoms with Gasteiger partial charge in [0.2, 0.25) is 0 Å². The fourth-order valence-electron chi connectivity index (χ4n) is 2.39. The molecule has 0 radical (unpaired) electrons. The molecule has 2 aromatic heterocycles. The first kappa shape index (κ1) is 13.0. The van der Waals surface area contributed by atoms with Crippen LogP contribution in [0, 0.1) is 0 Å². The maximum Gasteiger partial charge on any atom is 0.169 e. The molecule has 0 bridgehead atoms. The second-order valence-electron chi connectivity index (χ2n) is 4.88. The summed E-state index contributed by atoms with van der Waals surface area (Å²) in [6.07, 6.45) is 2.76. The highest BCUT2D eigenvalue weighted by Gasteiger charge is 2.22. The minimum atomic E-state index is 0.0517. The van der Waals surface area contributed by atoms with Crippen LogP contribution in [0.4, 0.5) is 0 Å². The molecule has 1 atom stereocenters. The van der Waals surface area contributed by atoms with Gasteiger partial charge < -0.3 is 9.64 Å². The van der Waals surface area contributed by atoms with Crippen molar-refractivity contribution in [1.29, 1.82) is 0 Å². The smallest absolute Gasteiger partial charge is 0.169 e. The summed E-state index contributed by atoms with van der Waals surface area (Å²) in [7, 11) is 2.11. The van der Waals surface area contributed by atoms with E-state index < -0.39 is 0 Å². The van der Waals surface area contributed by atoms with Crippen molar-refractivity contribution in [1.82, 2.24) is 19.5 Å². The van der Waals surface area contributed by atoms with Gasteiger partial charge in [0.05, 0.1) is 23.0 Å². The van der Waals surface area contributed by atoms with Crippen molar-refractivity contribution in [3.8, 4) is 0 Å². The van der Waals surface area contributed by atoms with E-state index >= 15 is 0 Å². The lowest BCUT2D eigenvalue weighted by molar-refractivity contribution is -0.0230. The van der Waals surface area contributed by atoms with E-state index in [-0.39, 0.29) is 6.10 Å². The fourth-order valence-corrected chi connectivity index (χ4v) is 2.74. The summed E-state index contributed by atoms with van der Waals surface area (Å²) < 4.78 is 8.66. The van der Waals surface area contributed by atoms with Crippen LogP contribution >= 0.6 is 15.9 Å². The summed E-state index contributed by atoms with van der Waals surface area (Å²) in [5.41, 5.74) is 3.02. The summed E-state index contributed by atoms with van der Waals surface area (Å²) in [6, 6.07) is 2.11. The van der Waals surface area contributed by atoms with E-state index in [0.717, 1.165) is 47.6 Å². The zero-order valence-electron chi connectivity index (χ0n) is 11.1. The molecule has 0 spiro atoms. The molecular weight excluding hydrogens is 308 g/mol. The number of ether oxygens (including phenoxy) is 1. The van der Waals surface area contributed by atoms with Gasteiger partial charge in [-0.2, -0.15) is 5.10 Å². The quantitative estimate of drug-likeness (QED) is 0.848. The van der Waals surface area contributed by atoms with Crippen LogP contribution in [0.15, 0.2) is 16.7 Å². The monoisotopic (exact) mass is 324 g/mol. The van der Waals surface area contributed by atoms with Gasteiger partial charge in [0.25, 0.3) is 0 Å². The Morgan fingerprint density at radius 3 is 3.11 bits per heavy atom. The highest BCUT2D eigenvalue weighted by Crippen LogP contribution is 2.24. The number of hydrogen-bond donors (Lipinski definition) is 0. The normalized spacial score (nSPS) is 21.1. The molecule has 0 saturated carbocycles. The van der Waals surface area contributed by atoms with Crippen LogP contribution in [-0.4, -0.2) is 46.2 Å². The number of morpholine rings is 1. The second kappa shape index (κ2) is 5.19. The van der Waals surface area contributed by atoms with E-state index in [1.807, 2.05) is 4.52 Å². The zero-order chi connectivity index (χ0) is 13.4. The van der Waals surface area contributed by atoms with Crippen molar-refractivity contribution in [3.05, 3.63) is 28.1 Å². The van der Waals surface area contributed by atoms with E-state index in [2.05, 4.69) is 46.0 Å². The van der Waals surface area contributed by atoms with Crippen molar-refractivity contribution in [2.24, 2.45) is 0 Å². The van der Waals surface area contributed by atoms with E-state index in [9.17, 15) is 0 Å². The Labute approximate surface area is 120 Å². The van der Waals surface area contributed by atoms with E-state index in [1.54, 1.807) is 6.20 Å². The molecule has 102 valence electrons. The first-order chi connectivity index (χ1) is 9.19. The second-order valence-corrected chi connectivity index (χ2v) is 5.73. The molecule has 2 aromatic rings. The molecule has 0 aromatic carbocycles. The van der Waals surface area contributed by atoms with Crippen molar-refractivity contribution in [2.45, 2.75) is 19.4 Å². The van der Waals surface area contributed by atoms with Gasteiger partial charge in [0.15, 0.2) is 5.65 Å². The lowest BCUT2D eigenvalue weighted by atomic mass is 10.1. The minimum absolute atomic E-state index is 0.0517. The van der Waals surface area contributed by atoms with Gasteiger partial charge in [0, 0.05) is 18.8 Å². The highest BCUT2D eigenvalue weighted by molar-refractivity contribution is 9.10. The van der Waals surface area contributed by atoms with Crippen LogP contribution in [0.25, 0.3) is 5.65 Å². The number of likely N-dealkylation sites (N-methyl/N-ethyl adjacent to an activating group) is 1. The average Bonchev–Trinajstić information content (AvgIpc) is 2.80. The third kappa shape index (κ3) is 2.40. The number of halogens is 1. The Balaban J connectivity index is 2.05. The number of rotatable bonds is 2. The van der Waals surface area contributed by atoms with Gasteiger partial charge in [-0.25, -0.2) is 9.50 Å². The molecule has 1 saturated heterocycles. The third-order valence-electron chi connectivity index (χ3n) is 3.48. The van der Waals surface area contributed by atoms with Crippen LogP contribution in [0.1, 0.15) is 24.4 Å². The van der Waals surface area contributed by atoms with Crippen LogP contribution in [0.3, 0.4) is 0 Å². The zero-order valence-corrected chi connectivity index (χ0v) is 12.7. The highest BCUT2D eigenvalue weighted by atomic mass is 79.9. The standard InChI is InChI=1S/C13H17BrN4O/c1-3-9-6-11(12-8-17(2)4-5-19-12)16-13-10(14)7-15-18(9)13/h6-7,12H,3-5,8H2,1-2H3. The van der Waals surface area contributed by atoms with E-state index in [4.69, 9.17) is 9.72 Å². The van der Waals surface area contributed by atoms with Gasteiger partial charge in [-0.15, -0.1) is 0 Å². The molecule has 3 rings (SSSR count). The first-order valence-electron chi connectivity index (χ1n) is 6.52. The average molecular weight is 325 g/mol. The van der Waals surface area contributed by atoms with Crippen molar-refractivity contribution in [3.63, 3.8) is 0 Å². The number of aromatic nitrogens is 3. The number of nitrogens with zero attached hydrogens (tertiary/aromatic N) is 4. The number of aryl methyl sites for hydroxylation is 1. The molecule has 3 heterocycles. The molecule has 6 heteroatoms. The number of hydrogen-bond acceptors (Lipinski definition) is 4. The molecule has 1 aliphatic rings. The molecule has 19 heavy (non-hydrogen) atoms. The predicted molar refractivity (Wildman–Crippen MR) is 76.3 cm³/mol. The summed E-state index contributed by atoms with van der Waals surface area (Å²) in [6.45, 7) is 4.76. The molecular formula is C13H17BrN4O. The van der Waals surface area contributed by atoms with Crippen LogP contribution in [0.2, 0.25) is 0 Å². The lowest BCUT2D eigenvalue weighted by Crippen LogP contribution is -2.35. The number of fused-ring (bicyclic) bond motifs is 1. The van der Waals surface area contributed by atoms with Gasteiger partial charge in [-0.3, -0.25) is 0 Å². The first-order valence-corrected chi connectivity index (χ1v) is 7.31.